The van der Waals surface area contributed by atoms with Gasteiger partial charge in [-0.05, 0) is 6.92 Å². The molecular weight excluding hydrogens is 570 g/mol. The second-order valence-electron chi connectivity index (χ2n) is 9.38. The van der Waals surface area contributed by atoms with Crippen molar-refractivity contribution in [3.8, 4) is 0 Å². The summed E-state index contributed by atoms with van der Waals surface area (Å²) in [5.41, 5.74) is -4.73. The van der Waals surface area contributed by atoms with E-state index in [0.29, 0.717) is 6.20 Å². The number of piperazine rings is 1. The summed E-state index contributed by atoms with van der Waals surface area (Å²) in [6, 6.07) is -1.78. The third-order valence-electron chi connectivity index (χ3n) is 6.39. The highest BCUT2D eigenvalue weighted by atomic mass is 19.4. The zero-order valence-corrected chi connectivity index (χ0v) is 21.5. The molecule has 2 aromatic heterocycles. The van der Waals surface area contributed by atoms with Gasteiger partial charge in [0.25, 0.3) is 17.4 Å². The Hall–Kier alpha value is -4.00. The number of ether oxygens (including phenoxy) is 1. The van der Waals surface area contributed by atoms with Crippen molar-refractivity contribution in [2.45, 2.75) is 37.5 Å². The lowest BCUT2D eigenvalue weighted by Gasteiger charge is -2.46. The molecule has 0 saturated carbocycles. The molecule has 0 aliphatic carbocycles. The highest BCUT2D eigenvalue weighted by Crippen LogP contribution is 2.37. The highest BCUT2D eigenvalue weighted by Gasteiger charge is 2.45. The lowest BCUT2D eigenvalue weighted by molar-refractivity contribution is -0.145. The maximum atomic E-state index is 13.2. The number of H-pyrrole nitrogens is 1. The van der Waals surface area contributed by atoms with Gasteiger partial charge < -0.3 is 25.0 Å². The van der Waals surface area contributed by atoms with Crippen LogP contribution in [0.4, 0.5) is 43.7 Å². The third kappa shape index (κ3) is 6.19. The number of aromatic amines is 1. The number of nitrogens with one attached hydrogen (secondary N) is 2. The molecule has 4 rings (SSSR count). The monoisotopic (exact) mass is 594 g/mol. The number of carbonyl (C=O) groups is 2. The molecule has 4 heterocycles. The van der Waals surface area contributed by atoms with Crippen LogP contribution < -0.4 is 20.7 Å². The molecule has 0 unspecified atom stereocenters. The van der Waals surface area contributed by atoms with Crippen LogP contribution in [0.15, 0.2) is 17.2 Å². The summed E-state index contributed by atoms with van der Waals surface area (Å²) < 4.78 is 84.1. The van der Waals surface area contributed by atoms with Crippen LogP contribution in [0, 0.1) is 0 Å². The van der Waals surface area contributed by atoms with Gasteiger partial charge in [0.1, 0.15) is 11.6 Å². The van der Waals surface area contributed by atoms with E-state index in [-0.39, 0.29) is 37.9 Å². The van der Waals surface area contributed by atoms with Crippen LogP contribution in [-0.2, 0) is 26.7 Å². The molecule has 3 atom stereocenters. The van der Waals surface area contributed by atoms with Gasteiger partial charge in [-0.3, -0.25) is 19.3 Å². The topological polar surface area (TPSA) is 157 Å². The number of hydrogen-bond acceptors (Lipinski definition) is 10. The Balaban J connectivity index is 1.34. The molecule has 13 nitrogen and oxygen atoms in total. The first-order valence-corrected chi connectivity index (χ1v) is 12.0. The number of rotatable bonds is 7. The third-order valence-corrected chi connectivity index (χ3v) is 6.39. The van der Waals surface area contributed by atoms with E-state index in [1.165, 1.54) is 23.8 Å². The molecule has 3 N–H and O–H groups in total. The average Bonchev–Trinajstić information content (AvgIpc) is 2.89. The van der Waals surface area contributed by atoms with Gasteiger partial charge in [0, 0.05) is 26.2 Å². The smallest absolute Gasteiger partial charge is 0.381 e. The van der Waals surface area contributed by atoms with Crippen LogP contribution in [0.5, 0.6) is 0 Å². The first-order valence-electron chi connectivity index (χ1n) is 12.0. The maximum absolute atomic E-state index is 13.2. The molecule has 0 spiro atoms. The van der Waals surface area contributed by atoms with Gasteiger partial charge in [0.2, 0.25) is 0 Å². The van der Waals surface area contributed by atoms with Gasteiger partial charge in [-0.1, -0.05) is 0 Å². The molecule has 0 bridgehead atoms. The number of aromatic nitrogens is 4. The van der Waals surface area contributed by atoms with Crippen LogP contribution in [0.1, 0.15) is 18.2 Å². The highest BCUT2D eigenvalue weighted by molar-refractivity contribution is 6.04. The number of halogens is 6. The minimum Gasteiger partial charge on any atom is -0.381 e. The van der Waals surface area contributed by atoms with E-state index < -0.39 is 71.5 Å². The molecule has 0 aromatic carbocycles. The van der Waals surface area contributed by atoms with Gasteiger partial charge in [0.05, 0.1) is 37.8 Å². The summed E-state index contributed by atoms with van der Waals surface area (Å²) in [5, 5.41) is 17.9. The molecule has 2 aliphatic rings. The standard InChI is InChI=1S/C22H24F6N8O5/c1-10(31-11-5-30-33-18(38)15(11)22(26,27)28)8-41-9-13(37)20(40)35-3-4-36-12(7-35)19(39)34(2)17-16(36)29-6-14(32-17)21(23,24)25/h5-6,10,12-13,37H,3-4,7-9H2,1-2H3,(H2,31,33,38)/t10-,12-,13+/m0/s1. The molecule has 2 amide bonds. The Labute approximate surface area is 227 Å². The Morgan fingerprint density at radius 3 is 2.51 bits per heavy atom. The minimum atomic E-state index is -4.94. The zero-order valence-electron chi connectivity index (χ0n) is 21.5. The van der Waals surface area contributed by atoms with Gasteiger partial charge >= 0.3 is 12.4 Å². The number of nitrogens with zero attached hydrogens (tertiary/aromatic N) is 6. The quantitative estimate of drug-likeness (QED) is 0.385. The molecule has 2 aromatic rings. The van der Waals surface area contributed by atoms with Crippen molar-refractivity contribution in [2.75, 3.05) is 55.0 Å². The summed E-state index contributed by atoms with van der Waals surface area (Å²) in [6.45, 7) is 0.469. The fourth-order valence-corrected chi connectivity index (χ4v) is 4.45. The Morgan fingerprint density at radius 1 is 1.15 bits per heavy atom. The number of fused-ring (bicyclic) bond motifs is 3. The first kappa shape index (κ1) is 30.0. The van der Waals surface area contributed by atoms with Crippen molar-refractivity contribution in [2.24, 2.45) is 0 Å². The molecule has 0 radical (unpaired) electrons. The van der Waals surface area contributed by atoms with Gasteiger partial charge in [-0.15, -0.1) is 0 Å². The summed E-state index contributed by atoms with van der Waals surface area (Å²) in [5.74, 6) is -1.63. The summed E-state index contributed by atoms with van der Waals surface area (Å²) in [6.07, 6.45) is -10.0. The normalized spacial score (nSPS) is 19.0. The van der Waals surface area contributed by atoms with E-state index in [9.17, 15) is 45.8 Å². The zero-order chi connectivity index (χ0) is 30.3. The molecule has 1 saturated heterocycles. The number of hydrogen-bond donors (Lipinski definition) is 3. The molecule has 19 heteroatoms. The van der Waals surface area contributed by atoms with Gasteiger partial charge in [-0.2, -0.15) is 31.4 Å². The Bertz CT molecular complexity index is 1370. The van der Waals surface area contributed by atoms with Crippen LogP contribution in [0.25, 0.3) is 0 Å². The minimum absolute atomic E-state index is 0.000733. The van der Waals surface area contributed by atoms with Crippen molar-refractivity contribution in [1.29, 1.82) is 0 Å². The SMILES string of the molecule is C[C@@H](COC[C@@H](O)C(=O)N1CCN2c3ncc(C(F)(F)F)nc3N(C)C(=O)[C@@H]2C1)Nc1cn[nH]c(=O)c1C(F)(F)F. The van der Waals surface area contributed by atoms with E-state index in [4.69, 9.17) is 4.74 Å². The number of aliphatic hydroxyl groups is 1. The second kappa shape index (κ2) is 11.1. The summed E-state index contributed by atoms with van der Waals surface area (Å²) in [7, 11) is 1.24. The van der Waals surface area contributed by atoms with E-state index in [0.717, 1.165) is 11.1 Å². The number of carbonyl (C=O) groups excluding carboxylic acids is 2. The fraction of sp³-hybridized carbons (Fsp3) is 0.545. The number of amides is 2. The van der Waals surface area contributed by atoms with E-state index in [1.54, 1.807) is 5.10 Å². The summed E-state index contributed by atoms with van der Waals surface area (Å²) in [4.78, 5) is 48.3. The number of alkyl halides is 6. The largest absolute Gasteiger partial charge is 0.434 e. The van der Waals surface area contributed by atoms with Crippen molar-refractivity contribution >= 4 is 29.1 Å². The van der Waals surface area contributed by atoms with Crippen molar-refractivity contribution < 1.29 is 45.8 Å². The average molecular weight is 594 g/mol. The van der Waals surface area contributed by atoms with Gasteiger partial charge in [0.15, 0.2) is 23.4 Å². The first-order chi connectivity index (χ1) is 19.1. The van der Waals surface area contributed by atoms with Crippen LogP contribution in [0.3, 0.4) is 0 Å². The predicted molar refractivity (Wildman–Crippen MR) is 128 cm³/mol. The fourth-order valence-electron chi connectivity index (χ4n) is 4.45. The Morgan fingerprint density at radius 2 is 1.85 bits per heavy atom. The van der Waals surface area contributed by atoms with E-state index >= 15 is 0 Å². The van der Waals surface area contributed by atoms with E-state index in [1.807, 2.05) is 0 Å². The molecule has 1 fully saturated rings. The Kier molecular flexibility index (Phi) is 8.12. The predicted octanol–water partition coefficient (Wildman–Crippen LogP) is 0.469. The molecule has 224 valence electrons. The lowest BCUT2D eigenvalue weighted by Crippen LogP contribution is -2.64. The van der Waals surface area contributed by atoms with E-state index in [2.05, 4.69) is 20.4 Å². The van der Waals surface area contributed by atoms with Crippen molar-refractivity contribution in [1.82, 2.24) is 25.1 Å². The molecule has 2 aliphatic heterocycles. The maximum Gasteiger partial charge on any atom is 0.434 e. The van der Waals surface area contributed by atoms with Crippen molar-refractivity contribution in [3.63, 3.8) is 0 Å². The number of likely N-dealkylation sites (N-methyl/N-ethyl adjacent to an activating group) is 1. The molecule has 41 heavy (non-hydrogen) atoms. The van der Waals surface area contributed by atoms with Crippen LogP contribution in [0.2, 0.25) is 0 Å². The summed E-state index contributed by atoms with van der Waals surface area (Å²) >= 11 is 0. The molecular formula is C22H24F6N8O5. The van der Waals surface area contributed by atoms with Crippen LogP contribution in [-0.4, -0.2) is 100 Å². The number of aliphatic hydroxyl groups excluding tert-OH is 1. The van der Waals surface area contributed by atoms with Gasteiger partial charge in [-0.25, -0.2) is 15.1 Å². The lowest BCUT2D eigenvalue weighted by atomic mass is 10.1. The second-order valence-corrected chi connectivity index (χ2v) is 9.38. The number of anilines is 3. The van der Waals surface area contributed by atoms with Crippen molar-refractivity contribution in [3.05, 3.63) is 34.0 Å². The van der Waals surface area contributed by atoms with Crippen LogP contribution >= 0.6 is 0 Å².